The quantitative estimate of drug-likeness (QED) is 0.912. The first-order chi connectivity index (χ1) is 8.78. The van der Waals surface area contributed by atoms with Crippen molar-refractivity contribution in [2.45, 2.75) is 32.5 Å². The molecule has 1 aliphatic rings. The highest BCUT2D eigenvalue weighted by Gasteiger charge is 2.37. The smallest absolute Gasteiger partial charge is 0.404 e. The Morgan fingerprint density at radius 3 is 2.63 bits per heavy atom. The molecule has 1 aliphatic heterocycles. The number of fused-ring (bicyclic) bond motifs is 1. The van der Waals surface area contributed by atoms with Gasteiger partial charge in [0.2, 0.25) is 5.91 Å². The van der Waals surface area contributed by atoms with Crippen molar-refractivity contribution in [1.82, 2.24) is 0 Å². The molecule has 1 amide bonds. The van der Waals surface area contributed by atoms with Gasteiger partial charge in [0.05, 0.1) is 11.6 Å². The minimum atomic E-state index is -4.77. The molecule has 1 aromatic rings. The van der Waals surface area contributed by atoms with Gasteiger partial charge in [0.1, 0.15) is 0 Å². The molecule has 0 aliphatic carbocycles. The van der Waals surface area contributed by atoms with E-state index in [0.717, 1.165) is 0 Å². The summed E-state index contributed by atoms with van der Waals surface area (Å²) in [6.07, 6.45) is -4.18. The molecule has 0 saturated carbocycles. The lowest BCUT2D eigenvalue weighted by Gasteiger charge is -2.13. The second-order valence-corrected chi connectivity index (χ2v) is 4.94. The van der Waals surface area contributed by atoms with Crippen molar-refractivity contribution in [1.29, 1.82) is 0 Å². The molecule has 19 heavy (non-hydrogen) atoms. The van der Waals surface area contributed by atoms with Crippen LogP contribution in [0, 0.1) is 5.92 Å². The van der Waals surface area contributed by atoms with Crippen molar-refractivity contribution in [3.8, 4) is 5.75 Å². The van der Waals surface area contributed by atoms with Gasteiger partial charge >= 0.3 is 6.36 Å². The second-order valence-electron chi connectivity index (χ2n) is 4.94. The molecule has 1 aromatic carbocycles. The molecule has 0 aromatic heterocycles. The van der Waals surface area contributed by atoms with E-state index in [1.807, 2.05) is 13.8 Å². The molecule has 0 saturated heterocycles. The third kappa shape index (κ3) is 3.00. The molecular formula is C13H14F3NO2. The number of halogens is 3. The number of hydrogen-bond acceptors (Lipinski definition) is 2. The molecule has 0 bridgehead atoms. The summed E-state index contributed by atoms with van der Waals surface area (Å²) < 4.78 is 40.8. The highest BCUT2D eigenvalue weighted by Crippen LogP contribution is 2.43. The lowest BCUT2D eigenvalue weighted by atomic mass is 9.91. The van der Waals surface area contributed by atoms with E-state index in [0.29, 0.717) is 12.0 Å². The van der Waals surface area contributed by atoms with Crippen molar-refractivity contribution < 1.29 is 22.7 Å². The standard InChI is InChI=1S/C13H14F3NO2/c1-7(2)6-9-8-4-3-5-10(19-13(14,15)16)11(8)17-12(9)18/h3-5,7,9H,6H2,1-2H3,(H,17,18). The first-order valence-corrected chi connectivity index (χ1v) is 5.97. The van der Waals surface area contributed by atoms with Crippen LogP contribution in [-0.2, 0) is 4.79 Å². The van der Waals surface area contributed by atoms with E-state index in [1.165, 1.54) is 12.1 Å². The Morgan fingerprint density at radius 1 is 1.37 bits per heavy atom. The maximum absolute atomic E-state index is 12.3. The van der Waals surface area contributed by atoms with Gasteiger partial charge in [-0.2, -0.15) is 0 Å². The van der Waals surface area contributed by atoms with E-state index < -0.39 is 12.3 Å². The van der Waals surface area contributed by atoms with Gasteiger partial charge in [-0.05, 0) is 24.0 Å². The van der Waals surface area contributed by atoms with Gasteiger partial charge in [0.25, 0.3) is 0 Å². The minimum absolute atomic E-state index is 0.135. The second kappa shape index (κ2) is 4.75. The van der Waals surface area contributed by atoms with E-state index in [1.54, 1.807) is 6.07 Å². The first-order valence-electron chi connectivity index (χ1n) is 5.97. The van der Waals surface area contributed by atoms with Gasteiger partial charge < -0.3 is 10.1 Å². The predicted octanol–water partition coefficient (Wildman–Crippen LogP) is 3.67. The highest BCUT2D eigenvalue weighted by atomic mass is 19.4. The van der Waals surface area contributed by atoms with Gasteiger partial charge in [-0.25, -0.2) is 0 Å². The fraction of sp³-hybridized carbons (Fsp3) is 0.462. The summed E-state index contributed by atoms with van der Waals surface area (Å²) in [5, 5.41) is 2.48. The summed E-state index contributed by atoms with van der Waals surface area (Å²) >= 11 is 0. The number of ether oxygens (including phenoxy) is 1. The number of carbonyl (C=O) groups is 1. The Balaban J connectivity index is 2.34. The molecule has 2 rings (SSSR count). The highest BCUT2D eigenvalue weighted by molar-refractivity contribution is 6.04. The Labute approximate surface area is 108 Å². The summed E-state index contributed by atoms with van der Waals surface area (Å²) in [5.41, 5.74) is 0.705. The summed E-state index contributed by atoms with van der Waals surface area (Å²) in [6, 6.07) is 4.32. The Bertz CT molecular complexity index is 497. The number of carbonyl (C=O) groups excluding carboxylic acids is 1. The molecule has 0 radical (unpaired) electrons. The van der Waals surface area contributed by atoms with Crippen LogP contribution in [-0.4, -0.2) is 12.3 Å². The number of hydrogen-bond donors (Lipinski definition) is 1. The van der Waals surface area contributed by atoms with E-state index in [4.69, 9.17) is 0 Å². The van der Waals surface area contributed by atoms with Crippen LogP contribution in [0.2, 0.25) is 0 Å². The molecule has 1 atom stereocenters. The van der Waals surface area contributed by atoms with Crippen molar-refractivity contribution in [3.05, 3.63) is 23.8 Å². The number of nitrogens with one attached hydrogen (secondary N) is 1. The Kier molecular flexibility index (Phi) is 3.43. The van der Waals surface area contributed by atoms with Crippen LogP contribution in [0.25, 0.3) is 0 Å². The molecule has 1 N–H and O–H groups in total. The van der Waals surface area contributed by atoms with E-state index >= 15 is 0 Å². The zero-order valence-corrected chi connectivity index (χ0v) is 10.5. The third-order valence-electron chi connectivity index (χ3n) is 2.93. The zero-order chi connectivity index (χ0) is 14.2. The Morgan fingerprint density at radius 2 is 2.05 bits per heavy atom. The molecule has 0 spiro atoms. The van der Waals surface area contributed by atoms with Crippen LogP contribution >= 0.6 is 0 Å². The molecule has 0 fully saturated rings. The van der Waals surface area contributed by atoms with Crippen LogP contribution in [0.15, 0.2) is 18.2 Å². The fourth-order valence-corrected chi connectivity index (χ4v) is 2.24. The van der Waals surface area contributed by atoms with Crippen LogP contribution in [0.4, 0.5) is 18.9 Å². The van der Waals surface area contributed by atoms with Crippen molar-refractivity contribution in [2.75, 3.05) is 5.32 Å². The topological polar surface area (TPSA) is 38.3 Å². The number of alkyl halides is 3. The fourth-order valence-electron chi connectivity index (χ4n) is 2.24. The minimum Gasteiger partial charge on any atom is -0.404 e. The largest absolute Gasteiger partial charge is 0.573 e. The van der Waals surface area contributed by atoms with Gasteiger partial charge in [0.15, 0.2) is 5.75 Å². The Hall–Kier alpha value is -1.72. The van der Waals surface area contributed by atoms with Crippen LogP contribution in [0.5, 0.6) is 5.75 Å². The van der Waals surface area contributed by atoms with Crippen LogP contribution in [0.1, 0.15) is 31.7 Å². The lowest BCUT2D eigenvalue weighted by Crippen LogP contribution is -2.18. The molecule has 1 unspecified atom stereocenters. The summed E-state index contributed by atoms with van der Waals surface area (Å²) in [5.74, 6) is -0.771. The number of amides is 1. The van der Waals surface area contributed by atoms with Crippen molar-refractivity contribution >= 4 is 11.6 Å². The molecule has 6 heteroatoms. The molecule has 104 valence electrons. The average Bonchev–Trinajstić information content (AvgIpc) is 2.55. The molecular weight excluding hydrogens is 259 g/mol. The zero-order valence-electron chi connectivity index (χ0n) is 10.5. The monoisotopic (exact) mass is 273 g/mol. The number of benzene rings is 1. The van der Waals surface area contributed by atoms with Gasteiger partial charge in [-0.1, -0.05) is 26.0 Å². The maximum atomic E-state index is 12.3. The van der Waals surface area contributed by atoms with E-state index in [2.05, 4.69) is 10.1 Å². The van der Waals surface area contributed by atoms with Crippen molar-refractivity contribution in [2.24, 2.45) is 5.92 Å². The van der Waals surface area contributed by atoms with Crippen LogP contribution in [0.3, 0.4) is 0 Å². The SMILES string of the molecule is CC(C)CC1C(=O)Nc2c(OC(F)(F)F)cccc21. The predicted molar refractivity (Wildman–Crippen MR) is 64.0 cm³/mol. The maximum Gasteiger partial charge on any atom is 0.573 e. The molecule has 1 heterocycles. The summed E-state index contributed by atoms with van der Waals surface area (Å²) in [6.45, 7) is 3.92. The van der Waals surface area contributed by atoms with E-state index in [-0.39, 0.29) is 23.3 Å². The van der Waals surface area contributed by atoms with Crippen LogP contribution < -0.4 is 10.1 Å². The molecule has 3 nitrogen and oxygen atoms in total. The van der Waals surface area contributed by atoms with Gasteiger partial charge in [-0.15, -0.1) is 13.2 Å². The lowest BCUT2D eigenvalue weighted by molar-refractivity contribution is -0.274. The number of anilines is 1. The summed E-state index contributed by atoms with van der Waals surface area (Å²) in [4.78, 5) is 11.8. The van der Waals surface area contributed by atoms with Crippen molar-refractivity contribution in [3.63, 3.8) is 0 Å². The summed E-state index contributed by atoms with van der Waals surface area (Å²) in [7, 11) is 0. The van der Waals surface area contributed by atoms with E-state index in [9.17, 15) is 18.0 Å². The number of rotatable bonds is 3. The normalized spacial score (nSPS) is 18.4. The van der Waals surface area contributed by atoms with Gasteiger partial charge in [-0.3, -0.25) is 4.79 Å². The first kappa shape index (κ1) is 13.7. The van der Waals surface area contributed by atoms with Gasteiger partial charge in [0, 0.05) is 0 Å². The average molecular weight is 273 g/mol. The number of para-hydroxylation sites is 1. The third-order valence-corrected chi connectivity index (χ3v) is 2.93.